The highest BCUT2D eigenvalue weighted by Gasteiger charge is 2.32. The van der Waals surface area contributed by atoms with Gasteiger partial charge >= 0.3 is 6.18 Å². The van der Waals surface area contributed by atoms with Crippen LogP contribution in [0.25, 0.3) is 6.08 Å². The van der Waals surface area contributed by atoms with Gasteiger partial charge in [-0.05, 0) is 46.4 Å². The fourth-order valence-electron chi connectivity index (χ4n) is 1.11. The third-order valence-corrected chi connectivity index (χ3v) is 2.74. The highest BCUT2D eigenvalue weighted by atomic mass is 127. The van der Waals surface area contributed by atoms with Gasteiger partial charge in [-0.2, -0.15) is 23.7 Å². The number of allylic oxidation sites excluding steroid dienone is 1. The minimum absolute atomic E-state index is 0.0269. The molecule has 0 saturated carbocycles. The zero-order valence-corrected chi connectivity index (χ0v) is 10.4. The van der Waals surface area contributed by atoms with Gasteiger partial charge in [0.25, 0.3) is 0 Å². The first-order valence-electron chi connectivity index (χ1n) is 4.27. The monoisotopic (exact) mass is 348 g/mol. The van der Waals surface area contributed by atoms with Crippen molar-refractivity contribution in [3.63, 3.8) is 0 Å². The van der Waals surface area contributed by atoms with Crippen molar-refractivity contribution in [1.29, 1.82) is 10.5 Å². The molecule has 1 aromatic carbocycles. The Morgan fingerprint density at radius 3 is 2.24 bits per heavy atom. The molecule has 0 N–H and O–H groups in total. The second kappa shape index (κ2) is 5.19. The Balaban J connectivity index is 3.21. The Morgan fingerprint density at radius 2 is 1.82 bits per heavy atom. The van der Waals surface area contributed by atoms with E-state index in [1.54, 1.807) is 34.7 Å². The number of rotatable bonds is 1. The molecule has 1 rings (SSSR count). The SMILES string of the molecule is N#CC(C#N)=Cc1ccc(C(F)(F)F)c(I)c1. The fourth-order valence-corrected chi connectivity index (χ4v) is 1.95. The summed E-state index contributed by atoms with van der Waals surface area (Å²) in [5.74, 6) is 0. The molecule has 0 aliphatic heterocycles. The number of benzene rings is 1. The van der Waals surface area contributed by atoms with E-state index in [1.807, 2.05) is 0 Å². The maximum absolute atomic E-state index is 12.5. The lowest BCUT2D eigenvalue weighted by Gasteiger charge is -2.09. The van der Waals surface area contributed by atoms with E-state index in [0.29, 0.717) is 5.56 Å². The third kappa shape index (κ3) is 3.46. The smallest absolute Gasteiger partial charge is 0.192 e. The molecule has 17 heavy (non-hydrogen) atoms. The van der Waals surface area contributed by atoms with Crippen LogP contribution < -0.4 is 0 Å². The van der Waals surface area contributed by atoms with Crippen molar-refractivity contribution >= 4 is 28.7 Å². The molecule has 0 unspecified atom stereocenters. The standard InChI is InChI=1S/C11H4F3IN2/c12-11(13,14)9-2-1-7(4-10(9)15)3-8(5-16)6-17/h1-4H. The summed E-state index contributed by atoms with van der Waals surface area (Å²) in [6.07, 6.45) is -3.16. The molecule has 0 aliphatic rings. The average molecular weight is 348 g/mol. The van der Waals surface area contributed by atoms with Crippen LogP contribution in [0.5, 0.6) is 0 Å². The topological polar surface area (TPSA) is 47.6 Å². The van der Waals surface area contributed by atoms with Gasteiger partial charge in [-0.25, -0.2) is 0 Å². The van der Waals surface area contributed by atoms with Crippen molar-refractivity contribution < 1.29 is 13.2 Å². The van der Waals surface area contributed by atoms with Crippen LogP contribution in [0.1, 0.15) is 11.1 Å². The van der Waals surface area contributed by atoms with Crippen molar-refractivity contribution in [3.05, 3.63) is 38.5 Å². The van der Waals surface area contributed by atoms with Crippen LogP contribution in [0.15, 0.2) is 23.8 Å². The van der Waals surface area contributed by atoms with E-state index in [-0.39, 0.29) is 9.14 Å². The molecule has 1 aromatic rings. The lowest BCUT2D eigenvalue weighted by atomic mass is 10.1. The Bertz CT molecular complexity index is 531. The van der Waals surface area contributed by atoms with Crippen molar-refractivity contribution in [2.75, 3.05) is 0 Å². The number of alkyl halides is 3. The predicted molar refractivity (Wildman–Crippen MR) is 63.4 cm³/mol. The van der Waals surface area contributed by atoms with Crippen LogP contribution in [0.3, 0.4) is 0 Å². The summed E-state index contributed by atoms with van der Waals surface area (Å²) >= 11 is 1.57. The molecule has 0 fully saturated rings. The molecule has 0 aromatic heterocycles. The zero-order valence-electron chi connectivity index (χ0n) is 8.22. The van der Waals surface area contributed by atoms with E-state index in [2.05, 4.69) is 0 Å². The minimum atomic E-state index is -4.40. The van der Waals surface area contributed by atoms with E-state index in [9.17, 15) is 13.2 Å². The highest BCUT2D eigenvalue weighted by molar-refractivity contribution is 14.1. The summed E-state index contributed by atoms with van der Waals surface area (Å²) in [7, 11) is 0. The Morgan fingerprint density at radius 1 is 1.24 bits per heavy atom. The molecule has 0 amide bonds. The lowest BCUT2D eigenvalue weighted by Crippen LogP contribution is -2.07. The molecular weight excluding hydrogens is 344 g/mol. The van der Waals surface area contributed by atoms with Crippen LogP contribution in [0.4, 0.5) is 13.2 Å². The molecular formula is C11H4F3IN2. The van der Waals surface area contributed by atoms with E-state index in [1.165, 1.54) is 18.2 Å². The van der Waals surface area contributed by atoms with Crippen LogP contribution >= 0.6 is 22.6 Å². The maximum atomic E-state index is 12.5. The quantitative estimate of drug-likeness (QED) is 0.573. The van der Waals surface area contributed by atoms with Gasteiger partial charge in [-0.15, -0.1) is 0 Å². The van der Waals surface area contributed by atoms with Gasteiger partial charge in [0.05, 0.1) is 5.56 Å². The first-order valence-corrected chi connectivity index (χ1v) is 5.35. The molecule has 0 bridgehead atoms. The second-order valence-corrected chi connectivity index (χ2v) is 4.18. The van der Waals surface area contributed by atoms with E-state index < -0.39 is 11.7 Å². The number of nitriles is 2. The first kappa shape index (κ1) is 13.5. The summed E-state index contributed by atoms with van der Waals surface area (Å²) in [6.45, 7) is 0. The van der Waals surface area contributed by atoms with Crippen LogP contribution in [-0.2, 0) is 6.18 Å². The van der Waals surface area contributed by atoms with E-state index in [4.69, 9.17) is 10.5 Å². The molecule has 0 atom stereocenters. The van der Waals surface area contributed by atoms with Crippen molar-refractivity contribution in [2.24, 2.45) is 0 Å². The van der Waals surface area contributed by atoms with Crippen LogP contribution in [-0.4, -0.2) is 0 Å². The van der Waals surface area contributed by atoms with Gasteiger partial charge < -0.3 is 0 Å². The summed E-state index contributed by atoms with van der Waals surface area (Å²) < 4.78 is 37.4. The largest absolute Gasteiger partial charge is 0.417 e. The Labute approximate surface area is 109 Å². The molecule has 0 heterocycles. The molecule has 0 spiro atoms. The third-order valence-electron chi connectivity index (χ3n) is 1.85. The number of halogens is 4. The Hall–Kier alpha value is -1.54. The Kier molecular flexibility index (Phi) is 4.13. The molecule has 0 saturated heterocycles. The number of hydrogen-bond donors (Lipinski definition) is 0. The number of hydrogen-bond acceptors (Lipinski definition) is 2. The summed E-state index contributed by atoms with van der Waals surface area (Å²) in [4.78, 5) is 0. The number of nitrogens with zero attached hydrogens (tertiary/aromatic N) is 2. The molecule has 2 nitrogen and oxygen atoms in total. The second-order valence-electron chi connectivity index (χ2n) is 3.02. The lowest BCUT2D eigenvalue weighted by molar-refractivity contribution is -0.138. The zero-order chi connectivity index (χ0) is 13.1. The van der Waals surface area contributed by atoms with Gasteiger partial charge in [-0.1, -0.05) is 6.07 Å². The normalized spacial score (nSPS) is 10.2. The van der Waals surface area contributed by atoms with Crippen molar-refractivity contribution in [3.8, 4) is 12.1 Å². The summed E-state index contributed by atoms with van der Waals surface area (Å²) in [5.41, 5.74) is -0.494. The minimum Gasteiger partial charge on any atom is -0.192 e. The van der Waals surface area contributed by atoms with Crippen LogP contribution in [0.2, 0.25) is 0 Å². The van der Waals surface area contributed by atoms with E-state index >= 15 is 0 Å². The van der Waals surface area contributed by atoms with Crippen molar-refractivity contribution in [2.45, 2.75) is 6.18 Å². The van der Waals surface area contributed by atoms with Gasteiger partial charge in [0, 0.05) is 3.57 Å². The van der Waals surface area contributed by atoms with Crippen LogP contribution in [0, 0.1) is 26.2 Å². The van der Waals surface area contributed by atoms with Gasteiger partial charge in [0.1, 0.15) is 17.7 Å². The molecule has 6 heteroatoms. The molecule has 0 radical (unpaired) electrons. The van der Waals surface area contributed by atoms with Gasteiger partial charge in [0.2, 0.25) is 0 Å². The maximum Gasteiger partial charge on any atom is 0.417 e. The van der Waals surface area contributed by atoms with E-state index in [0.717, 1.165) is 6.07 Å². The van der Waals surface area contributed by atoms with Crippen molar-refractivity contribution in [1.82, 2.24) is 0 Å². The molecule has 86 valence electrons. The first-order chi connectivity index (χ1) is 7.88. The highest BCUT2D eigenvalue weighted by Crippen LogP contribution is 2.33. The molecule has 0 aliphatic carbocycles. The fraction of sp³-hybridized carbons (Fsp3) is 0.0909. The van der Waals surface area contributed by atoms with Gasteiger partial charge in [0.15, 0.2) is 0 Å². The average Bonchev–Trinajstić information content (AvgIpc) is 2.24. The predicted octanol–water partition coefficient (Wildman–Crippen LogP) is 3.74. The van der Waals surface area contributed by atoms with Gasteiger partial charge in [-0.3, -0.25) is 0 Å². The summed E-state index contributed by atoms with van der Waals surface area (Å²) in [5, 5.41) is 17.0. The summed E-state index contributed by atoms with van der Waals surface area (Å²) in [6, 6.07) is 6.71.